The van der Waals surface area contributed by atoms with E-state index in [0.29, 0.717) is 18.5 Å². The highest BCUT2D eigenvalue weighted by Gasteiger charge is 2.51. The smallest absolute Gasteiger partial charge is 0.314 e. The summed E-state index contributed by atoms with van der Waals surface area (Å²) in [6.45, 7) is 6.50. The van der Waals surface area contributed by atoms with Gasteiger partial charge in [0.2, 0.25) is 0 Å². The number of hydrogen-bond acceptors (Lipinski definition) is 2. The van der Waals surface area contributed by atoms with Crippen LogP contribution in [0.4, 0.5) is 5.69 Å². The Balaban J connectivity index is 2.41. The molecule has 100 valence electrons. The fraction of sp³-hybridized carbons (Fsp3) is 0.400. The molecule has 0 saturated heterocycles. The molecule has 19 heavy (non-hydrogen) atoms. The summed E-state index contributed by atoms with van der Waals surface area (Å²) < 4.78 is 0. The lowest BCUT2D eigenvalue weighted by Gasteiger charge is -2.12. The van der Waals surface area contributed by atoms with E-state index < -0.39 is 19.5 Å². The molecule has 1 aliphatic carbocycles. The number of hydrogen-bond donors (Lipinski definition) is 2. The van der Waals surface area contributed by atoms with Gasteiger partial charge in [0.05, 0.1) is 5.41 Å². The van der Waals surface area contributed by atoms with Crippen LogP contribution < -0.4 is 5.73 Å². The van der Waals surface area contributed by atoms with Crippen molar-refractivity contribution in [1.29, 1.82) is 0 Å². The van der Waals surface area contributed by atoms with Crippen LogP contribution in [-0.4, -0.2) is 19.1 Å². The Morgan fingerprint density at radius 2 is 2.00 bits per heavy atom. The predicted molar refractivity (Wildman–Crippen MR) is 79.6 cm³/mol. The highest BCUT2D eigenvalue weighted by molar-refractivity contribution is 6.83. The van der Waals surface area contributed by atoms with Crippen LogP contribution in [0.15, 0.2) is 18.2 Å². The van der Waals surface area contributed by atoms with E-state index in [1.54, 1.807) is 6.07 Å². The Morgan fingerprint density at radius 3 is 2.47 bits per heavy atom. The molecular weight excluding hydrogens is 254 g/mol. The van der Waals surface area contributed by atoms with Gasteiger partial charge in [0.1, 0.15) is 8.07 Å². The van der Waals surface area contributed by atoms with Gasteiger partial charge >= 0.3 is 5.97 Å². The lowest BCUT2D eigenvalue weighted by atomic mass is 9.94. The molecule has 1 aromatic rings. The van der Waals surface area contributed by atoms with Gasteiger partial charge in [0.15, 0.2) is 0 Å². The largest absolute Gasteiger partial charge is 0.481 e. The summed E-state index contributed by atoms with van der Waals surface area (Å²) in [5, 5.41) is 9.32. The fourth-order valence-corrected chi connectivity index (χ4v) is 2.48. The maximum absolute atomic E-state index is 11.3. The van der Waals surface area contributed by atoms with Crippen LogP contribution in [0.25, 0.3) is 0 Å². The van der Waals surface area contributed by atoms with Crippen molar-refractivity contribution >= 4 is 19.7 Å². The second-order valence-corrected chi connectivity index (χ2v) is 10.9. The van der Waals surface area contributed by atoms with Crippen molar-refractivity contribution in [2.75, 3.05) is 5.73 Å². The third kappa shape index (κ3) is 2.82. The first-order chi connectivity index (χ1) is 8.74. The van der Waals surface area contributed by atoms with Crippen LogP contribution in [0.2, 0.25) is 19.6 Å². The van der Waals surface area contributed by atoms with Crippen LogP contribution in [0.3, 0.4) is 0 Å². The summed E-state index contributed by atoms with van der Waals surface area (Å²) in [4.78, 5) is 11.3. The van der Waals surface area contributed by atoms with E-state index in [1.807, 2.05) is 12.1 Å². The quantitative estimate of drug-likeness (QED) is 0.494. The van der Waals surface area contributed by atoms with E-state index in [-0.39, 0.29) is 0 Å². The molecule has 3 N–H and O–H groups in total. The number of rotatable bonds is 2. The summed E-state index contributed by atoms with van der Waals surface area (Å²) in [7, 11) is -1.47. The molecule has 0 radical (unpaired) electrons. The van der Waals surface area contributed by atoms with E-state index in [1.165, 1.54) is 0 Å². The van der Waals surface area contributed by atoms with Crippen molar-refractivity contribution in [2.45, 2.75) is 37.9 Å². The SMILES string of the molecule is C[Si](C)(C)C#Cc1cc(C2(C(=O)O)CC2)ccc1N. The van der Waals surface area contributed by atoms with Crippen LogP contribution in [0, 0.1) is 11.5 Å². The lowest BCUT2D eigenvalue weighted by molar-refractivity contribution is -0.140. The Kier molecular flexibility index (Phi) is 3.19. The molecule has 0 bridgehead atoms. The molecule has 1 aromatic carbocycles. The number of carbonyl (C=O) groups is 1. The molecule has 2 rings (SSSR count). The molecule has 4 heteroatoms. The van der Waals surface area contributed by atoms with Gasteiger partial charge in [-0.1, -0.05) is 31.6 Å². The van der Waals surface area contributed by atoms with Gasteiger partial charge < -0.3 is 10.8 Å². The van der Waals surface area contributed by atoms with E-state index in [2.05, 4.69) is 31.1 Å². The molecule has 0 aromatic heterocycles. The lowest BCUT2D eigenvalue weighted by Crippen LogP contribution is -2.19. The zero-order chi connectivity index (χ0) is 14.3. The van der Waals surface area contributed by atoms with E-state index in [0.717, 1.165) is 11.1 Å². The van der Waals surface area contributed by atoms with Crippen molar-refractivity contribution in [3.8, 4) is 11.5 Å². The number of nitrogen functional groups attached to an aromatic ring is 1. The molecular formula is C15H19NO2Si. The van der Waals surface area contributed by atoms with Crippen LogP contribution >= 0.6 is 0 Å². The van der Waals surface area contributed by atoms with Gasteiger partial charge in [-0.2, -0.15) is 0 Å². The number of aliphatic carboxylic acids is 1. The topological polar surface area (TPSA) is 63.3 Å². The molecule has 0 aliphatic heterocycles. The summed E-state index contributed by atoms with van der Waals surface area (Å²) in [6, 6.07) is 5.44. The van der Waals surface area contributed by atoms with Gasteiger partial charge in [-0.25, -0.2) is 0 Å². The molecule has 0 spiro atoms. The minimum Gasteiger partial charge on any atom is -0.481 e. The maximum Gasteiger partial charge on any atom is 0.314 e. The monoisotopic (exact) mass is 273 g/mol. The van der Waals surface area contributed by atoms with Gasteiger partial charge in [-0.3, -0.25) is 4.79 Å². The summed E-state index contributed by atoms with van der Waals surface area (Å²) in [6.07, 6.45) is 1.40. The molecule has 1 fully saturated rings. The Labute approximate surface area is 114 Å². The van der Waals surface area contributed by atoms with Crippen molar-refractivity contribution in [3.63, 3.8) is 0 Å². The molecule has 0 heterocycles. The minimum atomic E-state index is -1.47. The van der Waals surface area contributed by atoms with Crippen LogP contribution in [-0.2, 0) is 10.2 Å². The average Bonchev–Trinajstić information content (AvgIpc) is 3.08. The van der Waals surface area contributed by atoms with E-state index >= 15 is 0 Å². The maximum atomic E-state index is 11.3. The highest BCUT2D eigenvalue weighted by Crippen LogP contribution is 2.48. The Hall–Kier alpha value is -1.73. The third-order valence-electron chi connectivity index (χ3n) is 3.34. The van der Waals surface area contributed by atoms with Crippen molar-refractivity contribution in [3.05, 3.63) is 29.3 Å². The van der Waals surface area contributed by atoms with E-state index in [4.69, 9.17) is 5.73 Å². The second kappa shape index (κ2) is 4.43. The summed E-state index contributed by atoms with van der Waals surface area (Å²) in [5.74, 6) is 2.38. The van der Waals surface area contributed by atoms with Crippen LogP contribution in [0.1, 0.15) is 24.0 Å². The summed E-state index contributed by atoms with van der Waals surface area (Å²) >= 11 is 0. The summed E-state index contributed by atoms with van der Waals surface area (Å²) in [5.41, 5.74) is 10.7. The standard InChI is InChI=1S/C15H19NO2Si/c1-19(2,3)9-6-11-10-12(4-5-13(11)16)15(7-8-15)14(17)18/h4-5,10H,7-8,16H2,1-3H3,(H,17,18). The molecule has 0 unspecified atom stereocenters. The van der Waals surface area contributed by atoms with Crippen LogP contribution in [0.5, 0.6) is 0 Å². The first kappa shape index (κ1) is 13.7. The first-order valence-corrected chi connectivity index (χ1v) is 9.91. The number of anilines is 1. The van der Waals surface area contributed by atoms with Gasteiger partial charge in [-0.05, 0) is 30.5 Å². The fourth-order valence-electron chi connectivity index (χ4n) is 1.97. The van der Waals surface area contributed by atoms with Crippen molar-refractivity contribution < 1.29 is 9.90 Å². The van der Waals surface area contributed by atoms with Gasteiger partial charge in [0.25, 0.3) is 0 Å². The molecule has 1 aliphatic rings. The van der Waals surface area contributed by atoms with Crippen molar-refractivity contribution in [1.82, 2.24) is 0 Å². The Bertz CT molecular complexity index is 586. The van der Waals surface area contributed by atoms with Crippen molar-refractivity contribution in [2.24, 2.45) is 0 Å². The predicted octanol–water partition coefficient (Wildman–Crippen LogP) is 2.61. The molecule has 0 atom stereocenters. The number of benzene rings is 1. The van der Waals surface area contributed by atoms with Gasteiger partial charge in [-0.15, -0.1) is 5.54 Å². The molecule has 3 nitrogen and oxygen atoms in total. The zero-order valence-corrected chi connectivity index (χ0v) is 12.6. The van der Waals surface area contributed by atoms with E-state index in [9.17, 15) is 9.90 Å². The molecule has 1 saturated carbocycles. The Morgan fingerprint density at radius 1 is 1.37 bits per heavy atom. The van der Waals surface area contributed by atoms with Gasteiger partial charge in [0, 0.05) is 11.3 Å². The number of nitrogens with two attached hydrogens (primary N) is 1. The second-order valence-electron chi connectivity index (χ2n) is 6.19. The normalized spacial score (nSPS) is 16.4. The minimum absolute atomic E-state index is 0.621. The first-order valence-electron chi connectivity index (χ1n) is 6.41. The average molecular weight is 273 g/mol. The third-order valence-corrected chi connectivity index (χ3v) is 4.21. The number of carboxylic acid groups (broad SMARTS) is 1. The number of carboxylic acids is 1. The molecule has 0 amide bonds. The highest BCUT2D eigenvalue weighted by atomic mass is 28.3. The zero-order valence-electron chi connectivity index (χ0n) is 11.6.